The predicted octanol–water partition coefficient (Wildman–Crippen LogP) is 3.06. The van der Waals surface area contributed by atoms with Crippen LogP contribution in [-0.2, 0) is 11.2 Å². The third kappa shape index (κ3) is 2.91. The third-order valence-corrected chi connectivity index (χ3v) is 3.87. The van der Waals surface area contributed by atoms with Gasteiger partial charge in [-0.15, -0.1) is 0 Å². The van der Waals surface area contributed by atoms with Crippen molar-refractivity contribution >= 4 is 11.6 Å². The normalized spacial score (nSPS) is 13.6. The fourth-order valence-corrected chi connectivity index (χ4v) is 2.78. The molecule has 0 radical (unpaired) electrons. The maximum Gasteiger partial charge on any atom is 0.264 e. The first kappa shape index (κ1) is 14.4. The lowest BCUT2D eigenvalue weighted by atomic mass is 9.99. The van der Waals surface area contributed by atoms with Crippen molar-refractivity contribution in [2.24, 2.45) is 0 Å². The number of carbonyl (C=O) groups excluding carboxylic acids is 1. The first-order chi connectivity index (χ1) is 10.6. The zero-order valence-electron chi connectivity index (χ0n) is 12.6. The molecular formula is C18H19NO3. The number of anilines is 1. The quantitative estimate of drug-likeness (QED) is 0.947. The molecule has 3 rings (SSSR count). The number of aromatic hydroxyl groups is 1. The number of aryl methyl sites for hydroxylation is 2. The molecule has 1 aliphatic rings. The number of amides is 1. The Balaban J connectivity index is 1.73. The third-order valence-electron chi connectivity index (χ3n) is 3.87. The number of hydrogen-bond donors (Lipinski definition) is 1. The number of carbonyl (C=O) groups is 1. The van der Waals surface area contributed by atoms with E-state index in [-0.39, 0.29) is 18.3 Å². The Bertz CT molecular complexity index is 696. The van der Waals surface area contributed by atoms with Crippen molar-refractivity contribution in [1.29, 1.82) is 0 Å². The number of rotatable bonds is 3. The summed E-state index contributed by atoms with van der Waals surface area (Å²) in [5.74, 6) is 0.287. The highest BCUT2D eigenvalue weighted by Gasteiger charge is 2.23. The first-order valence-corrected chi connectivity index (χ1v) is 7.46. The summed E-state index contributed by atoms with van der Waals surface area (Å²) < 4.78 is 5.45. The minimum Gasteiger partial charge on any atom is -0.504 e. The maximum atomic E-state index is 12.4. The Hall–Kier alpha value is -2.49. The number of hydrogen-bond acceptors (Lipinski definition) is 3. The summed E-state index contributed by atoms with van der Waals surface area (Å²) in [5.41, 5.74) is 3.39. The molecule has 0 saturated heterocycles. The van der Waals surface area contributed by atoms with Gasteiger partial charge >= 0.3 is 0 Å². The SMILES string of the molecule is Cc1ccc2c(c1)CCCN2C(=O)COc1ccccc1O. The van der Waals surface area contributed by atoms with Gasteiger partial charge in [-0.05, 0) is 43.5 Å². The van der Waals surface area contributed by atoms with Gasteiger partial charge in [0.05, 0.1) is 0 Å². The Morgan fingerprint density at radius 3 is 2.91 bits per heavy atom. The van der Waals surface area contributed by atoms with Crippen molar-refractivity contribution in [1.82, 2.24) is 0 Å². The molecule has 2 aromatic rings. The number of para-hydroxylation sites is 2. The molecule has 0 bridgehead atoms. The Morgan fingerprint density at radius 1 is 1.27 bits per heavy atom. The van der Waals surface area contributed by atoms with Gasteiger partial charge in [-0.2, -0.15) is 0 Å². The molecule has 4 nitrogen and oxygen atoms in total. The number of phenolic OH excluding ortho intramolecular Hbond substituents is 1. The van der Waals surface area contributed by atoms with Gasteiger partial charge in [0.1, 0.15) is 0 Å². The number of nitrogens with zero attached hydrogens (tertiary/aromatic N) is 1. The molecule has 1 N–H and O–H groups in total. The van der Waals surface area contributed by atoms with Crippen LogP contribution in [0.4, 0.5) is 5.69 Å². The highest BCUT2D eigenvalue weighted by molar-refractivity contribution is 5.95. The van der Waals surface area contributed by atoms with E-state index >= 15 is 0 Å². The zero-order valence-corrected chi connectivity index (χ0v) is 12.6. The largest absolute Gasteiger partial charge is 0.504 e. The van der Waals surface area contributed by atoms with Gasteiger partial charge in [-0.1, -0.05) is 29.8 Å². The van der Waals surface area contributed by atoms with Gasteiger partial charge in [0, 0.05) is 12.2 Å². The van der Waals surface area contributed by atoms with Crippen LogP contribution in [-0.4, -0.2) is 24.2 Å². The zero-order chi connectivity index (χ0) is 15.5. The van der Waals surface area contributed by atoms with E-state index in [9.17, 15) is 9.90 Å². The van der Waals surface area contributed by atoms with Gasteiger partial charge in [0.2, 0.25) is 0 Å². The molecule has 0 saturated carbocycles. The van der Waals surface area contributed by atoms with Crippen LogP contribution in [0.5, 0.6) is 11.5 Å². The molecule has 1 aliphatic heterocycles. The smallest absolute Gasteiger partial charge is 0.264 e. The van der Waals surface area contributed by atoms with Gasteiger partial charge < -0.3 is 14.7 Å². The molecule has 1 heterocycles. The van der Waals surface area contributed by atoms with E-state index < -0.39 is 0 Å². The summed E-state index contributed by atoms with van der Waals surface area (Å²) in [6.07, 6.45) is 1.96. The summed E-state index contributed by atoms with van der Waals surface area (Å²) in [5, 5.41) is 9.67. The lowest BCUT2D eigenvalue weighted by molar-refractivity contribution is -0.120. The van der Waals surface area contributed by atoms with E-state index in [4.69, 9.17) is 4.74 Å². The molecule has 0 fully saturated rings. The number of ether oxygens (including phenoxy) is 1. The maximum absolute atomic E-state index is 12.4. The fraction of sp³-hybridized carbons (Fsp3) is 0.278. The van der Waals surface area contributed by atoms with E-state index in [1.54, 1.807) is 29.2 Å². The van der Waals surface area contributed by atoms with Gasteiger partial charge in [-0.25, -0.2) is 0 Å². The average Bonchev–Trinajstić information content (AvgIpc) is 2.53. The van der Waals surface area contributed by atoms with Crippen molar-refractivity contribution < 1.29 is 14.6 Å². The molecule has 0 aromatic heterocycles. The van der Waals surface area contributed by atoms with E-state index in [0.29, 0.717) is 12.3 Å². The summed E-state index contributed by atoms with van der Waals surface area (Å²) >= 11 is 0. The molecule has 0 unspecified atom stereocenters. The molecule has 0 spiro atoms. The molecule has 0 atom stereocenters. The topological polar surface area (TPSA) is 49.8 Å². The monoisotopic (exact) mass is 297 g/mol. The van der Waals surface area contributed by atoms with Crippen molar-refractivity contribution in [3.05, 3.63) is 53.6 Å². The van der Waals surface area contributed by atoms with Crippen LogP contribution in [0.25, 0.3) is 0 Å². The second kappa shape index (κ2) is 6.10. The molecular weight excluding hydrogens is 278 g/mol. The molecule has 2 aromatic carbocycles. The van der Waals surface area contributed by atoms with Crippen molar-refractivity contribution in [3.8, 4) is 11.5 Å². The molecule has 0 aliphatic carbocycles. The van der Waals surface area contributed by atoms with Gasteiger partial charge in [-0.3, -0.25) is 4.79 Å². The fourth-order valence-electron chi connectivity index (χ4n) is 2.78. The second-order valence-corrected chi connectivity index (χ2v) is 5.54. The summed E-state index contributed by atoms with van der Waals surface area (Å²) in [4.78, 5) is 14.2. The predicted molar refractivity (Wildman–Crippen MR) is 85.5 cm³/mol. The van der Waals surface area contributed by atoms with Crippen LogP contribution >= 0.6 is 0 Å². The Morgan fingerprint density at radius 2 is 2.09 bits per heavy atom. The molecule has 22 heavy (non-hydrogen) atoms. The van der Waals surface area contributed by atoms with E-state index in [2.05, 4.69) is 13.0 Å². The van der Waals surface area contributed by atoms with Crippen molar-refractivity contribution in [2.75, 3.05) is 18.1 Å². The molecule has 1 amide bonds. The van der Waals surface area contributed by atoms with Crippen molar-refractivity contribution in [2.45, 2.75) is 19.8 Å². The number of fused-ring (bicyclic) bond motifs is 1. The summed E-state index contributed by atoms with van der Waals surface area (Å²) in [7, 11) is 0. The lowest BCUT2D eigenvalue weighted by Crippen LogP contribution is -2.38. The number of benzene rings is 2. The summed E-state index contributed by atoms with van der Waals surface area (Å²) in [6.45, 7) is 2.69. The summed E-state index contributed by atoms with van der Waals surface area (Å²) in [6, 6.07) is 12.8. The van der Waals surface area contributed by atoms with E-state index in [1.807, 2.05) is 12.1 Å². The Kier molecular flexibility index (Phi) is 4.00. The van der Waals surface area contributed by atoms with Crippen LogP contribution in [0.3, 0.4) is 0 Å². The Labute approximate surface area is 130 Å². The van der Waals surface area contributed by atoms with Crippen LogP contribution in [0.15, 0.2) is 42.5 Å². The van der Waals surface area contributed by atoms with E-state index in [0.717, 1.165) is 18.5 Å². The first-order valence-electron chi connectivity index (χ1n) is 7.46. The van der Waals surface area contributed by atoms with Crippen LogP contribution < -0.4 is 9.64 Å². The van der Waals surface area contributed by atoms with Crippen LogP contribution in [0.2, 0.25) is 0 Å². The minimum absolute atomic E-state index is 0.0463. The highest BCUT2D eigenvalue weighted by atomic mass is 16.5. The molecule has 114 valence electrons. The van der Waals surface area contributed by atoms with Gasteiger partial charge in [0.25, 0.3) is 5.91 Å². The lowest BCUT2D eigenvalue weighted by Gasteiger charge is -2.29. The van der Waals surface area contributed by atoms with Crippen molar-refractivity contribution in [3.63, 3.8) is 0 Å². The highest BCUT2D eigenvalue weighted by Crippen LogP contribution is 2.29. The average molecular weight is 297 g/mol. The van der Waals surface area contributed by atoms with Gasteiger partial charge in [0.15, 0.2) is 18.1 Å². The van der Waals surface area contributed by atoms with E-state index in [1.165, 1.54) is 11.1 Å². The van der Waals surface area contributed by atoms with Crippen LogP contribution in [0, 0.1) is 6.92 Å². The number of phenols is 1. The standard InChI is InChI=1S/C18H19NO3/c1-13-8-9-15-14(11-13)5-4-10-19(15)18(21)12-22-17-7-3-2-6-16(17)20/h2-3,6-9,11,20H,4-5,10,12H2,1H3. The van der Waals surface area contributed by atoms with Crippen LogP contribution in [0.1, 0.15) is 17.5 Å². The second-order valence-electron chi connectivity index (χ2n) is 5.54. The minimum atomic E-state index is -0.0898. The molecule has 4 heteroatoms.